The Balaban J connectivity index is 1.84. The van der Waals surface area contributed by atoms with Crippen LogP contribution in [0.15, 0.2) is 53.6 Å². The fraction of sp³-hybridized carbons (Fsp3) is 0. The molecule has 0 radical (unpaired) electrons. The number of nitrogens with two attached hydrogens (primary N) is 2. The Labute approximate surface area is 121 Å². The van der Waals surface area contributed by atoms with Crippen LogP contribution in [0.4, 0.5) is 17.5 Å². The number of nitrogen functional groups attached to an aromatic ring is 2. The highest BCUT2D eigenvalue weighted by Crippen LogP contribution is 2.19. The third-order valence-corrected chi connectivity index (χ3v) is 2.95. The number of nitrogens with zero attached hydrogens (tertiary/aromatic N) is 3. The van der Waals surface area contributed by atoms with Crippen LogP contribution in [0, 0.1) is 0 Å². The fourth-order valence-corrected chi connectivity index (χ4v) is 1.96. The van der Waals surface area contributed by atoms with Crippen LogP contribution in [-0.4, -0.2) is 16.2 Å². The Hall–Kier alpha value is -3.15. The average molecular weight is 278 g/mol. The molecule has 0 saturated heterocycles. The molecule has 0 saturated carbocycles. The molecule has 5 N–H and O–H groups in total. The van der Waals surface area contributed by atoms with Gasteiger partial charge < -0.3 is 11.5 Å². The number of hydrogen-bond acceptors (Lipinski definition) is 6. The van der Waals surface area contributed by atoms with E-state index in [1.807, 2.05) is 48.5 Å². The van der Waals surface area contributed by atoms with Crippen LogP contribution < -0.4 is 16.9 Å². The number of anilines is 3. The van der Waals surface area contributed by atoms with Crippen LogP contribution in [0.25, 0.3) is 10.9 Å². The lowest BCUT2D eigenvalue weighted by Gasteiger charge is -2.03. The first-order valence-electron chi connectivity index (χ1n) is 6.39. The predicted molar refractivity (Wildman–Crippen MR) is 86.0 cm³/mol. The highest BCUT2D eigenvalue weighted by atomic mass is 15.3. The van der Waals surface area contributed by atoms with Crippen LogP contribution in [0.1, 0.15) is 5.56 Å². The lowest BCUT2D eigenvalue weighted by molar-refractivity contribution is 1.24. The number of rotatable bonds is 3. The molecule has 0 amide bonds. The van der Waals surface area contributed by atoms with Gasteiger partial charge in [0.1, 0.15) is 5.82 Å². The number of nitrogens with one attached hydrogen (secondary N) is 1. The molecule has 2 aromatic carbocycles. The number of benzene rings is 2. The summed E-state index contributed by atoms with van der Waals surface area (Å²) in [5, 5.41) is 4.94. The minimum atomic E-state index is 0.173. The second kappa shape index (κ2) is 5.46. The third-order valence-electron chi connectivity index (χ3n) is 2.95. The zero-order valence-electron chi connectivity index (χ0n) is 11.2. The molecule has 6 nitrogen and oxygen atoms in total. The largest absolute Gasteiger partial charge is 0.383 e. The van der Waals surface area contributed by atoms with Gasteiger partial charge in [-0.05, 0) is 29.8 Å². The van der Waals surface area contributed by atoms with Gasteiger partial charge in [-0.3, -0.25) is 5.43 Å². The van der Waals surface area contributed by atoms with Crippen molar-refractivity contribution in [2.75, 3.05) is 16.9 Å². The molecule has 3 rings (SSSR count). The minimum absolute atomic E-state index is 0.173. The molecule has 0 atom stereocenters. The van der Waals surface area contributed by atoms with Gasteiger partial charge in [-0.1, -0.05) is 24.3 Å². The van der Waals surface area contributed by atoms with Crippen molar-refractivity contribution in [1.29, 1.82) is 0 Å². The van der Waals surface area contributed by atoms with E-state index in [0.29, 0.717) is 11.3 Å². The first-order chi connectivity index (χ1) is 10.2. The molecule has 0 aliphatic carbocycles. The van der Waals surface area contributed by atoms with Crippen LogP contribution in [0.5, 0.6) is 0 Å². The van der Waals surface area contributed by atoms with E-state index in [4.69, 9.17) is 11.5 Å². The van der Waals surface area contributed by atoms with E-state index in [9.17, 15) is 0 Å². The smallest absolute Gasteiger partial charge is 0.222 e. The van der Waals surface area contributed by atoms with Crippen molar-refractivity contribution >= 4 is 34.6 Å². The van der Waals surface area contributed by atoms with Crippen LogP contribution in [-0.2, 0) is 0 Å². The van der Waals surface area contributed by atoms with Crippen molar-refractivity contribution < 1.29 is 0 Å². The lowest BCUT2D eigenvalue weighted by atomic mass is 10.1. The quantitative estimate of drug-likeness (QED) is 0.503. The van der Waals surface area contributed by atoms with E-state index >= 15 is 0 Å². The molecular formula is C15H14N6. The summed E-state index contributed by atoms with van der Waals surface area (Å²) in [5.41, 5.74) is 16.9. The van der Waals surface area contributed by atoms with E-state index in [1.165, 1.54) is 0 Å². The van der Waals surface area contributed by atoms with Gasteiger partial charge in [0.15, 0.2) is 0 Å². The van der Waals surface area contributed by atoms with Gasteiger partial charge in [0.25, 0.3) is 0 Å². The predicted octanol–water partition coefficient (Wildman–Crippen LogP) is 2.24. The summed E-state index contributed by atoms with van der Waals surface area (Å²) in [6.07, 6.45) is 1.71. The normalized spacial score (nSPS) is 11.0. The molecule has 104 valence electrons. The van der Waals surface area contributed by atoms with E-state index in [-0.39, 0.29) is 5.95 Å². The van der Waals surface area contributed by atoms with Crippen molar-refractivity contribution in [3.8, 4) is 0 Å². The first-order valence-corrected chi connectivity index (χ1v) is 6.39. The summed E-state index contributed by atoms with van der Waals surface area (Å²) in [4.78, 5) is 8.09. The number of hydrazone groups is 1. The summed E-state index contributed by atoms with van der Waals surface area (Å²) < 4.78 is 0. The number of hydrogen-bond donors (Lipinski definition) is 3. The summed E-state index contributed by atoms with van der Waals surface area (Å²) in [6.45, 7) is 0. The van der Waals surface area contributed by atoms with Gasteiger partial charge in [0, 0.05) is 5.39 Å². The van der Waals surface area contributed by atoms with Crippen LogP contribution in [0.3, 0.4) is 0 Å². The zero-order valence-corrected chi connectivity index (χ0v) is 11.2. The summed E-state index contributed by atoms with van der Waals surface area (Å²) in [7, 11) is 0. The molecule has 0 aliphatic rings. The highest BCUT2D eigenvalue weighted by molar-refractivity contribution is 5.94. The van der Waals surface area contributed by atoms with E-state index in [1.54, 1.807) is 6.21 Å². The van der Waals surface area contributed by atoms with Crippen molar-refractivity contribution in [1.82, 2.24) is 9.97 Å². The van der Waals surface area contributed by atoms with Crippen molar-refractivity contribution in [3.63, 3.8) is 0 Å². The average Bonchev–Trinajstić information content (AvgIpc) is 2.49. The topological polar surface area (TPSA) is 102 Å². The molecule has 0 unspecified atom stereocenters. The van der Waals surface area contributed by atoms with Crippen molar-refractivity contribution in [2.45, 2.75) is 0 Å². The Bertz CT molecular complexity index is 798. The maximum absolute atomic E-state index is 5.85. The Kier molecular flexibility index (Phi) is 3.34. The molecule has 1 heterocycles. The standard InChI is InChI=1S/C15H14N6/c16-14-12-8-10(6-7-13(12)19-15(17)20-14)9-18-21-11-4-2-1-3-5-11/h1-9,21H,(H4,16,17,19,20)/b18-9+. The summed E-state index contributed by atoms with van der Waals surface area (Å²) >= 11 is 0. The van der Waals surface area contributed by atoms with Gasteiger partial charge in [-0.2, -0.15) is 10.1 Å². The summed E-state index contributed by atoms with van der Waals surface area (Å²) in [6, 6.07) is 15.3. The van der Waals surface area contributed by atoms with Crippen LogP contribution >= 0.6 is 0 Å². The third kappa shape index (κ3) is 2.89. The maximum atomic E-state index is 5.85. The molecule has 0 spiro atoms. The summed E-state index contributed by atoms with van der Waals surface area (Å²) in [5.74, 6) is 0.538. The highest BCUT2D eigenvalue weighted by Gasteiger charge is 2.03. The van der Waals surface area contributed by atoms with E-state index in [2.05, 4.69) is 20.5 Å². The number of para-hydroxylation sites is 1. The molecule has 0 aliphatic heterocycles. The Morgan fingerprint density at radius 1 is 1.00 bits per heavy atom. The zero-order chi connectivity index (χ0) is 14.7. The Morgan fingerprint density at radius 2 is 1.81 bits per heavy atom. The van der Waals surface area contributed by atoms with Gasteiger partial charge in [-0.15, -0.1) is 0 Å². The van der Waals surface area contributed by atoms with Gasteiger partial charge in [0.05, 0.1) is 17.4 Å². The van der Waals surface area contributed by atoms with E-state index < -0.39 is 0 Å². The number of aromatic nitrogens is 2. The molecule has 0 fully saturated rings. The van der Waals surface area contributed by atoms with Crippen molar-refractivity contribution in [2.24, 2.45) is 5.10 Å². The fourth-order valence-electron chi connectivity index (χ4n) is 1.96. The SMILES string of the molecule is Nc1nc(N)c2cc(/C=N/Nc3ccccc3)ccc2n1. The monoisotopic (exact) mass is 278 g/mol. The molecule has 6 heteroatoms. The second-order valence-electron chi connectivity index (χ2n) is 4.48. The molecule has 21 heavy (non-hydrogen) atoms. The van der Waals surface area contributed by atoms with Crippen molar-refractivity contribution in [3.05, 3.63) is 54.1 Å². The molecule has 1 aromatic heterocycles. The minimum Gasteiger partial charge on any atom is -0.383 e. The van der Waals surface area contributed by atoms with Crippen LogP contribution in [0.2, 0.25) is 0 Å². The molecular weight excluding hydrogens is 264 g/mol. The first kappa shape index (κ1) is 12.9. The Morgan fingerprint density at radius 3 is 2.62 bits per heavy atom. The van der Waals surface area contributed by atoms with Gasteiger partial charge in [-0.25, -0.2) is 4.98 Å². The van der Waals surface area contributed by atoms with Gasteiger partial charge >= 0.3 is 0 Å². The number of fused-ring (bicyclic) bond motifs is 1. The van der Waals surface area contributed by atoms with E-state index in [0.717, 1.165) is 16.6 Å². The maximum Gasteiger partial charge on any atom is 0.222 e. The second-order valence-corrected chi connectivity index (χ2v) is 4.48. The molecule has 3 aromatic rings. The van der Waals surface area contributed by atoms with Gasteiger partial charge in [0.2, 0.25) is 5.95 Å². The molecule has 0 bridgehead atoms. The lowest BCUT2D eigenvalue weighted by Crippen LogP contribution is -2.01.